The smallest absolute Gasteiger partial charge is 0.243 e. The Bertz CT molecular complexity index is 1050. The molecule has 3 aromatic rings. The molecule has 30 heavy (non-hydrogen) atoms. The lowest BCUT2D eigenvalue weighted by Crippen LogP contribution is -2.35. The Hall–Kier alpha value is -2.83. The second-order valence-electron chi connectivity index (χ2n) is 6.91. The van der Waals surface area contributed by atoms with Crippen LogP contribution in [0.1, 0.15) is 17.9 Å². The van der Waals surface area contributed by atoms with E-state index in [9.17, 15) is 9.59 Å². The van der Waals surface area contributed by atoms with Crippen molar-refractivity contribution >= 4 is 40.7 Å². The first-order valence-corrected chi connectivity index (χ1v) is 10.1. The number of likely N-dealkylation sites (N-methyl/N-ethyl adjacent to an activating group) is 1. The average Bonchev–Trinajstić information content (AvgIpc) is 3.18. The first-order chi connectivity index (χ1) is 14.3. The van der Waals surface area contributed by atoms with Gasteiger partial charge in [-0.25, -0.2) is 4.98 Å². The predicted octanol–water partition coefficient (Wildman–Crippen LogP) is 4.99. The van der Waals surface area contributed by atoms with Crippen LogP contribution in [0.5, 0.6) is 0 Å². The molecule has 156 valence electrons. The highest BCUT2D eigenvalue weighted by atomic mass is 35.5. The van der Waals surface area contributed by atoms with Gasteiger partial charge in [0.1, 0.15) is 0 Å². The zero-order valence-corrected chi connectivity index (χ0v) is 18.1. The van der Waals surface area contributed by atoms with E-state index in [4.69, 9.17) is 27.6 Å². The van der Waals surface area contributed by atoms with E-state index in [1.165, 1.54) is 4.90 Å². The van der Waals surface area contributed by atoms with Crippen LogP contribution in [-0.4, -0.2) is 35.3 Å². The molecule has 8 heteroatoms. The van der Waals surface area contributed by atoms with E-state index < -0.39 is 0 Å². The van der Waals surface area contributed by atoms with Crippen LogP contribution in [0.3, 0.4) is 0 Å². The average molecular weight is 446 g/mol. The molecule has 0 aliphatic heterocycles. The number of nitrogens with one attached hydrogen (secondary N) is 1. The molecular formula is C22H21Cl2N3O3. The fraction of sp³-hybridized carbons (Fsp3) is 0.227. The number of aryl methyl sites for hydroxylation is 2. The van der Waals surface area contributed by atoms with Crippen LogP contribution in [0.25, 0.3) is 11.3 Å². The van der Waals surface area contributed by atoms with Gasteiger partial charge in [-0.05, 0) is 25.1 Å². The van der Waals surface area contributed by atoms with E-state index in [0.29, 0.717) is 33.8 Å². The van der Waals surface area contributed by atoms with Crippen molar-refractivity contribution in [3.05, 3.63) is 70.2 Å². The van der Waals surface area contributed by atoms with Crippen molar-refractivity contribution in [3.8, 4) is 11.3 Å². The van der Waals surface area contributed by atoms with Crippen LogP contribution >= 0.6 is 23.2 Å². The summed E-state index contributed by atoms with van der Waals surface area (Å²) in [4.78, 5) is 30.1. The molecule has 3 rings (SSSR count). The van der Waals surface area contributed by atoms with Gasteiger partial charge in [0.2, 0.25) is 11.8 Å². The van der Waals surface area contributed by atoms with E-state index >= 15 is 0 Å². The summed E-state index contributed by atoms with van der Waals surface area (Å²) in [6, 6.07) is 12.7. The number of anilines is 1. The Labute approximate surface area is 184 Å². The van der Waals surface area contributed by atoms with E-state index in [1.807, 2.05) is 31.2 Å². The number of halogens is 2. The molecule has 0 saturated heterocycles. The summed E-state index contributed by atoms with van der Waals surface area (Å²) < 4.78 is 5.74. The summed E-state index contributed by atoms with van der Waals surface area (Å²) in [6.07, 6.45) is 2.19. The number of rotatable bonds is 7. The zero-order valence-electron chi connectivity index (χ0n) is 16.6. The number of hydrogen-bond donors (Lipinski definition) is 1. The van der Waals surface area contributed by atoms with E-state index in [2.05, 4.69) is 10.3 Å². The van der Waals surface area contributed by atoms with Crippen molar-refractivity contribution in [1.29, 1.82) is 0 Å². The minimum atomic E-state index is -0.331. The highest BCUT2D eigenvalue weighted by Crippen LogP contribution is 2.25. The molecule has 0 radical (unpaired) electrons. The lowest BCUT2D eigenvalue weighted by atomic mass is 10.1. The van der Waals surface area contributed by atoms with Gasteiger partial charge in [0, 0.05) is 31.1 Å². The molecular weight excluding hydrogens is 425 g/mol. The predicted molar refractivity (Wildman–Crippen MR) is 118 cm³/mol. The van der Waals surface area contributed by atoms with Gasteiger partial charge in [-0.15, -0.1) is 0 Å². The molecule has 2 amide bonds. The summed E-state index contributed by atoms with van der Waals surface area (Å²) in [5, 5.41) is 3.43. The van der Waals surface area contributed by atoms with Gasteiger partial charge in [-0.3, -0.25) is 9.59 Å². The molecule has 1 heterocycles. The fourth-order valence-corrected chi connectivity index (χ4v) is 3.06. The Balaban J connectivity index is 1.49. The van der Waals surface area contributed by atoms with Gasteiger partial charge >= 0.3 is 0 Å². The third-order valence-electron chi connectivity index (χ3n) is 4.45. The number of carbonyl (C=O) groups is 2. The third-order valence-corrected chi connectivity index (χ3v) is 5.19. The standard InChI is InChI=1S/C22H21Cl2N3O3/c1-14-3-5-15(6-4-14)19-12-25-21(30-19)9-10-22(29)27(2)13-20(28)26-16-7-8-17(23)18(24)11-16/h3-8,11-12H,9-10,13H2,1-2H3,(H,26,28). The SMILES string of the molecule is Cc1ccc(-c2cnc(CCC(=O)N(C)CC(=O)Nc3ccc(Cl)c(Cl)c3)o2)cc1. The highest BCUT2D eigenvalue weighted by Gasteiger charge is 2.15. The van der Waals surface area contributed by atoms with Crippen LogP contribution < -0.4 is 5.32 Å². The van der Waals surface area contributed by atoms with Gasteiger partial charge in [-0.2, -0.15) is 0 Å². The molecule has 0 spiro atoms. The topological polar surface area (TPSA) is 75.4 Å². The minimum Gasteiger partial charge on any atom is -0.441 e. The number of nitrogens with zero attached hydrogens (tertiary/aromatic N) is 2. The molecule has 1 N–H and O–H groups in total. The molecule has 6 nitrogen and oxygen atoms in total. The number of amides is 2. The molecule has 0 saturated carbocycles. The number of hydrogen-bond acceptors (Lipinski definition) is 4. The maximum Gasteiger partial charge on any atom is 0.243 e. The molecule has 2 aromatic carbocycles. The number of carbonyl (C=O) groups excluding carboxylic acids is 2. The maximum atomic E-state index is 12.4. The number of benzene rings is 2. The lowest BCUT2D eigenvalue weighted by molar-refractivity contribution is -0.133. The molecule has 0 bridgehead atoms. The van der Waals surface area contributed by atoms with Crippen molar-refractivity contribution in [2.75, 3.05) is 18.9 Å². The first kappa shape index (κ1) is 21.9. The Morgan fingerprint density at radius 2 is 1.83 bits per heavy atom. The lowest BCUT2D eigenvalue weighted by Gasteiger charge is -2.16. The minimum absolute atomic E-state index is 0.0840. The van der Waals surface area contributed by atoms with Crippen LogP contribution in [0, 0.1) is 6.92 Å². The van der Waals surface area contributed by atoms with Gasteiger partial charge in [-0.1, -0.05) is 53.0 Å². The second-order valence-corrected chi connectivity index (χ2v) is 7.73. The maximum absolute atomic E-state index is 12.4. The summed E-state index contributed by atoms with van der Waals surface area (Å²) in [6.45, 7) is 1.93. The third kappa shape index (κ3) is 5.84. The summed E-state index contributed by atoms with van der Waals surface area (Å²) in [7, 11) is 1.57. The van der Waals surface area contributed by atoms with Crippen molar-refractivity contribution in [3.63, 3.8) is 0 Å². The van der Waals surface area contributed by atoms with Crippen molar-refractivity contribution in [2.24, 2.45) is 0 Å². The van der Waals surface area contributed by atoms with Gasteiger partial charge in [0.25, 0.3) is 0 Å². The second kappa shape index (κ2) is 9.78. The summed E-state index contributed by atoms with van der Waals surface area (Å²) >= 11 is 11.8. The number of aromatic nitrogens is 1. The Morgan fingerprint density at radius 3 is 2.53 bits per heavy atom. The normalized spacial score (nSPS) is 10.7. The van der Waals surface area contributed by atoms with E-state index in [1.54, 1.807) is 31.4 Å². The van der Waals surface area contributed by atoms with E-state index in [-0.39, 0.29) is 24.8 Å². The molecule has 0 unspecified atom stereocenters. The van der Waals surface area contributed by atoms with Crippen molar-refractivity contribution in [1.82, 2.24) is 9.88 Å². The largest absolute Gasteiger partial charge is 0.441 e. The first-order valence-electron chi connectivity index (χ1n) is 9.32. The Morgan fingerprint density at radius 1 is 1.10 bits per heavy atom. The molecule has 1 aromatic heterocycles. The quantitative estimate of drug-likeness (QED) is 0.555. The van der Waals surface area contributed by atoms with Gasteiger partial charge < -0.3 is 14.6 Å². The highest BCUT2D eigenvalue weighted by molar-refractivity contribution is 6.42. The molecule has 0 aliphatic carbocycles. The molecule has 0 fully saturated rings. The molecule has 0 atom stereocenters. The van der Waals surface area contributed by atoms with E-state index in [0.717, 1.165) is 11.1 Å². The van der Waals surface area contributed by atoms with Crippen LogP contribution in [-0.2, 0) is 16.0 Å². The summed E-state index contributed by atoms with van der Waals surface area (Å²) in [5.74, 6) is 0.621. The van der Waals surface area contributed by atoms with Gasteiger partial charge in [0.05, 0.1) is 22.8 Å². The zero-order chi connectivity index (χ0) is 21.7. The van der Waals surface area contributed by atoms with Crippen LogP contribution in [0.2, 0.25) is 10.0 Å². The fourth-order valence-electron chi connectivity index (χ4n) is 2.76. The van der Waals surface area contributed by atoms with Crippen LogP contribution in [0.15, 0.2) is 53.1 Å². The van der Waals surface area contributed by atoms with Crippen molar-refractivity contribution in [2.45, 2.75) is 19.8 Å². The number of oxazole rings is 1. The van der Waals surface area contributed by atoms with Crippen LogP contribution in [0.4, 0.5) is 5.69 Å². The molecule has 0 aliphatic rings. The monoisotopic (exact) mass is 445 g/mol. The van der Waals surface area contributed by atoms with Crippen molar-refractivity contribution < 1.29 is 14.0 Å². The Kier molecular flexibility index (Phi) is 7.13. The van der Waals surface area contributed by atoms with Gasteiger partial charge in [0.15, 0.2) is 11.7 Å². The summed E-state index contributed by atoms with van der Waals surface area (Å²) in [5.41, 5.74) is 2.61.